The normalized spacial score (nSPS) is 18.6. The van der Waals surface area contributed by atoms with Crippen molar-refractivity contribution >= 4 is 50.3 Å². The number of carbonyl (C=O) groups excluding carboxylic acids is 1. The minimum atomic E-state index is -3.64. The van der Waals surface area contributed by atoms with Crippen LogP contribution in [0.2, 0.25) is 0 Å². The molecule has 0 bridgehead atoms. The summed E-state index contributed by atoms with van der Waals surface area (Å²) >= 11 is 6.98. The van der Waals surface area contributed by atoms with E-state index in [-0.39, 0.29) is 10.8 Å². The molecule has 0 saturated carbocycles. The first-order valence-corrected chi connectivity index (χ1v) is 17.9. The molecule has 1 aromatic heterocycles. The molecule has 2 aliphatic rings. The number of hydrogen-bond donors (Lipinski definition) is 0. The summed E-state index contributed by atoms with van der Waals surface area (Å²) in [4.78, 5) is 16.1. The zero-order valence-corrected chi connectivity index (χ0v) is 27.6. The van der Waals surface area contributed by atoms with Crippen LogP contribution >= 0.6 is 24.0 Å². The molecule has 0 radical (unpaired) electrons. The minimum absolute atomic E-state index is 0.0842. The monoisotopic (exact) mass is 636 g/mol. The number of nitrogens with zero attached hydrogens (tertiary/aromatic N) is 4. The molecule has 2 aliphatic heterocycles. The lowest BCUT2D eigenvalue weighted by molar-refractivity contribution is -0.122. The van der Waals surface area contributed by atoms with Crippen molar-refractivity contribution < 1.29 is 13.2 Å². The van der Waals surface area contributed by atoms with E-state index in [1.165, 1.54) is 11.8 Å². The van der Waals surface area contributed by atoms with Crippen LogP contribution in [0.3, 0.4) is 0 Å². The number of aromatic nitrogens is 2. The molecule has 0 N–H and O–H groups in total. The zero-order valence-electron chi connectivity index (χ0n) is 25.1. The fourth-order valence-electron chi connectivity index (χ4n) is 5.58. The van der Waals surface area contributed by atoms with Gasteiger partial charge < -0.3 is 0 Å². The second-order valence-corrected chi connectivity index (χ2v) is 15.2. The van der Waals surface area contributed by atoms with E-state index in [0.29, 0.717) is 52.0 Å². The first-order chi connectivity index (χ1) is 20.7. The van der Waals surface area contributed by atoms with Crippen molar-refractivity contribution in [2.75, 3.05) is 19.6 Å². The number of sulfonamides is 1. The third-order valence-electron chi connectivity index (χ3n) is 8.40. The lowest BCUT2D eigenvalue weighted by Gasteiger charge is -2.29. The molecular weight excluding hydrogens is 597 g/mol. The summed E-state index contributed by atoms with van der Waals surface area (Å²) in [5.74, 6) is 0.851. The molecule has 3 aromatic rings. The van der Waals surface area contributed by atoms with E-state index in [2.05, 4.69) is 20.8 Å². The molecule has 1 unspecified atom stereocenters. The van der Waals surface area contributed by atoms with Gasteiger partial charge in [-0.25, -0.2) is 13.1 Å². The van der Waals surface area contributed by atoms with Crippen molar-refractivity contribution in [3.05, 3.63) is 71.3 Å². The van der Waals surface area contributed by atoms with Crippen LogP contribution in [0.15, 0.2) is 70.6 Å². The van der Waals surface area contributed by atoms with Crippen LogP contribution in [0.25, 0.3) is 23.0 Å². The molecule has 2 aromatic carbocycles. The van der Waals surface area contributed by atoms with Crippen molar-refractivity contribution in [3.8, 4) is 16.9 Å². The highest BCUT2D eigenvalue weighted by Crippen LogP contribution is 2.36. The van der Waals surface area contributed by atoms with Gasteiger partial charge in [-0.05, 0) is 61.4 Å². The number of amides is 1. The van der Waals surface area contributed by atoms with E-state index in [0.717, 1.165) is 49.8 Å². The van der Waals surface area contributed by atoms with Gasteiger partial charge in [-0.2, -0.15) is 9.40 Å². The third kappa shape index (κ3) is 7.14. The number of hydrogen-bond acceptors (Lipinski definition) is 6. The molecule has 10 heteroatoms. The average molecular weight is 637 g/mol. The number of thiocarbonyl (C=S) groups is 1. The first kappa shape index (κ1) is 31.6. The Morgan fingerprint density at radius 3 is 2.53 bits per heavy atom. The predicted octanol–water partition coefficient (Wildman–Crippen LogP) is 7.38. The number of piperidine rings is 1. The van der Waals surface area contributed by atoms with Crippen molar-refractivity contribution in [2.24, 2.45) is 11.8 Å². The lowest BCUT2D eigenvalue weighted by Crippen LogP contribution is -2.37. The zero-order chi connectivity index (χ0) is 30.6. The van der Waals surface area contributed by atoms with Gasteiger partial charge in [-0.15, -0.1) is 0 Å². The number of thioether (sulfide) groups is 1. The highest BCUT2D eigenvalue weighted by Gasteiger charge is 2.34. The molecular formula is C33H40N4O3S3. The van der Waals surface area contributed by atoms with Crippen LogP contribution in [-0.2, 0) is 14.8 Å². The van der Waals surface area contributed by atoms with E-state index < -0.39 is 10.0 Å². The topological polar surface area (TPSA) is 75.5 Å². The lowest BCUT2D eigenvalue weighted by atomic mass is 9.99. The second-order valence-electron chi connectivity index (χ2n) is 11.5. The molecule has 1 atom stereocenters. The minimum Gasteiger partial charge on any atom is -0.293 e. The van der Waals surface area contributed by atoms with E-state index in [9.17, 15) is 13.2 Å². The molecule has 7 nitrogen and oxygen atoms in total. The van der Waals surface area contributed by atoms with Crippen molar-refractivity contribution in [2.45, 2.75) is 64.2 Å². The Morgan fingerprint density at radius 2 is 1.84 bits per heavy atom. The Balaban J connectivity index is 1.50. The first-order valence-electron chi connectivity index (χ1n) is 15.2. The van der Waals surface area contributed by atoms with Gasteiger partial charge in [0.25, 0.3) is 5.91 Å². The van der Waals surface area contributed by atoms with Crippen LogP contribution in [0.1, 0.15) is 64.9 Å². The molecule has 3 heterocycles. The van der Waals surface area contributed by atoms with Crippen LogP contribution in [0.5, 0.6) is 0 Å². The number of benzene rings is 2. The fourth-order valence-corrected chi connectivity index (χ4v) is 8.36. The van der Waals surface area contributed by atoms with E-state index in [4.69, 9.17) is 17.3 Å². The van der Waals surface area contributed by atoms with Gasteiger partial charge in [0.15, 0.2) is 0 Å². The highest BCUT2D eigenvalue weighted by atomic mass is 32.2. The fraction of sp³-hybridized carbons (Fsp3) is 0.424. The maximum Gasteiger partial charge on any atom is 0.266 e. The summed E-state index contributed by atoms with van der Waals surface area (Å²) in [7, 11) is -3.64. The second kappa shape index (κ2) is 13.9. The molecule has 2 saturated heterocycles. The summed E-state index contributed by atoms with van der Waals surface area (Å²) in [6.45, 7) is 8.20. The summed E-state index contributed by atoms with van der Waals surface area (Å²) in [6.07, 6.45) is 9.80. The number of rotatable bonds is 11. The smallest absolute Gasteiger partial charge is 0.266 e. The summed E-state index contributed by atoms with van der Waals surface area (Å²) in [5.41, 5.74) is 2.87. The van der Waals surface area contributed by atoms with Gasteiger partial charge in [-0.3, -0.25) is 9.69 Å². The SMILES string of the molecule is CCCCC(CC)CN1C(=O)C(=Cc2cn(-c3ccccc3)nc2-c2cccc(S(=O)(=O)N3CCC(C)CC3)c2)SC1=S. The molecule has 1 amide bonds. The Hall–Kier alpha value is -2.79. The summed E-state index contributed by atoms with van der Waals surface area (Å²) in [5, 5.41) is 4.89. The van der Waals surface area contributed by atoms with Crippen molar-refractivity contribution in [1.82, 2.24) is 19.0 Å². The van der Waals surface area contributed by atoms with Crippen LogP contribution in [-0.4, -0.2) is 57.3 Å². The van der Waals surface area contributed by atoms with E-state index in [1.54, 1.807) is 32.1 Å². The summed E-state index contributed by atoms with van der Waals surface area (Å²) < 4.78 is 31.1. The van der Waals surface area contributed by atoms with Crippen LogP contribution in [0.4, 0.5) is 0 Å². The van der Waals surface area contributed by atoms with Gasteiger partial charge in [0.05, 0.1) is 15.5 Å². The van der Waals surface area contributed by atoms with Gasteiger partial charge >= 0.3 is 0 Å². The van der Waals surface area contributed by atoms with Gasteiger partial charge in [-0.1, -0.05) is 94.3 Å². The summed E-state index contributed by atoms with van der Waals surface area (Å²) in [6, 6.07) is 16.7. The van der Waals surface area contributed by atoms with Crippen LogP contribution < -0.4 is 0 Å². The molecule has 5 rings (SSSR count). The molecule has 43 heavy (non-hydrogen) atoms. The predicted molar refractivity (Wildman–Crippen MR) is 179 cm³/mol. The standard InChI is InChI=1S/C33H40N4O3S3/c1-4-6-11-25(5-2)22-36-32(38)30(42-33(36)41)21-27-23-37(28-13-8-7-9-14-28)34-31(27)26-12-10-15-29(20-26)43(39,40)35-18-16-24(3)17-19-35/h7-10,12-15,20-21,23-25H,4-6,11,16-19,22H2,1-3H3. The third-order valence-corrected chi connectivity index (χ3v) is 11.7. The maximum absolute atomic E-state index is 13.6. The van der Waals surface area contributed by atoms with Crippen LogP contribution in [0, 0.1) is 11.8 Å². The Kier molecular flexibility index (Phi) is 10.2. The number of unbranched alkanes of at least 4 members (excludes halogenated alkanes) is 1. The van der Waals surface area contributed by atoms with E-state index >= 15 is 0 Å². The maximum atomic E-state index is 13.6. The molecule has 228 valence electrons. The molecule has 0 spiro atoms. The van der Waals surface area contributed by atoms with Gasteiger partial charge in [0, 0.05) is 37.0 Å². The largest absolute Gasteiger partial charge is 0.293 e. The highest BCUT2D eigenvalue weighted by molar-refractivity contribution is 8.26. The number of carbonyl (C=O) groups is 1. The van der Waals surface area contributed by atoms with Crippen molar-refractivity contribution in [3.63, 3.8) is 0 Å². The Labute approximate surface area is 265 Å². The van der Waals surface area contributed by atoms with Crippen molar-refractivity contribution in [1.29, 1.82) is 0 Å². The van der Waals surface area contributed by atoms with E-state index in [1.807, 2.05) is 48.7 Å². The Morgan fingerprint density at radius 1 is 1.09 bits per heavy atom. The number of para-hydroxylation sites is 1. The molecule has 0 aliphatic carbocycles. The van der Waals surface area contributed by atoms with Gasteiger partial charge in [0.1, 0.15) is 10.0 Å². The quantitative estimate of drug-likeness (QED) is 0.162. The average Bonchev–Trinajstić information content (AvgIpc) is 3.56. The van der Waals surface area contributed by atoms with Gasteiger partial charge in [0.2, 0.25) is 10.0 Å². The molecule has 2 fully saturated rings. The Bertz CT molecular complexity index is 1590.